The standard InChI is InChI=1S/C32H36N8O5/c1-4-40(5-2)17-7-16-33-29(42)22-8-6-9-24(18-22)34-30(43)21-10-12-23(13-11-21)38-39-28(20(3)41)31(44)35-25-14-15-26-27(19-25)37-32(45)36-26/h6,8-15,18-19,28H,4-5,7,16-17H2,1-3H3,(H,33,42)(H,34,43)(H,35,44)(H2,36,37,45). The number of carbonyl (C=O) groups excluding carboxylic acids is 4. The van der Waals surface area contributed by atoms with Gasteiger partial charge in [-0.2, -0.15) is 10.2 Å². The highest BCUT2D eigenvalue weighted by Gasteiger charge is 2.23. The number of imidazole rings is 1. The molecular weight excluding hydrogens is 576 g/mol. The molecule has 0 radical (unpaired) electrons. The van der Waals surface area contributed by atoms with Crippen molar-refractivity contribution in [1.29, 1.82) is 0 Å². The monoisotopic (exact) mass is 612 g/mol. The molecular formula is C32H36N8O5. The number of anilines is 2. The van der Waals surface area contributed by atoms with Gasteiger partial charge < -0.3 is 30.8 Å². The predicted octanol–water partition coefficient (Wildman–Crippen LogP) is 4.25. The van der Waals surface area contributed by atoms with Gasteiger partial charge in [-0.25, -0.2) is 4.79 Å². The molecule has 0 spiro atoms. The van der Waals surface area contributed by atoms with Gasteiger partial charge >= 0.3 is 5.69 Å². The lowest BCUT2D eigenvalue weighted by Crippen LogP contribution is -2.31. The van der Waals surface area contributed by atoms with Crippen LogP contribution in [0.2, 0.25) is 0 Å². The van der Waals surface area contributed by atoms with Crippen LogP contribution in [0.15, 0.2) is 81.8 Å². The van der Waals surface area contributed by atoms with Gasteiger partial charge in [0.25, 0.3) is 17.7 Å². The number of Topliss-reactive ketones (excluding diaryl/α,β-unsaturated/α-hetero) is 1. The van der Waals surface area contributed by atoms with Crippen LogP contribution >= 0.6 is 0 Å². The first kappa shape index (κ1) is 32.5. The molecule has 13 heteroatoms. The number of ketones is 1. The topological polar surface area (TPSA) is 181 Å². The van der Waals surface area contributed by atoms with Crippen LogP contribution in [0.3, 0.4) is 0 Å². The Morgan fingerprint density at radius 1 is 0.822 bits per heavy atom. The molecule has 0 saturated carbocycles. The molecule has 0 aliphatic rings. The number of nitrogens with zero attached hydrogens (tertiary/aromatic N) is 3. The highest BCUT2D eigenvalue weighted by molar-refractivity contribution is 6.10. The third-order valence-electron chi connectivity index (χ3n) is 7.05. The number of aromatic amines is 2. The van der Waals surface area contributed by atoms with Gasteiger partial charge in [0, 0.05) is 29.0 Å². The lowest BCUT2D eigenvalue weighted by atomic mass is 10.1. The van der Waals surface area contributed by atoms with Crippen molar-refractivity contribution >= 4 is 51.6 Å². The number of aromatic nitrogens is 2. The Morgan fingerprint density at radius 2 is 1.53 bits per heavy atom. The van der Waals surface area contributed by atoms with Crippen molar-refractivity contribution in [3.63, 3.8) is 0 Å². The molecule has 1 heterocycles. The largest absolute Gasteiger partial charge is 0.352 e. The summed E-state index contributed by atoms with van der Waals surface area (Å²) in [5, 5.41) is 16.3. The molecule has 4 aromatic rings. The fourth-order valence-electron chi connectivity index (χ4n) is 4.53. The summed E-state index contributed by atoms with van der Waals surface area (Å²) >= 11 is 0. The number of benzene rings is 3. The molecule has 3 amide bonds. The van der Waals surface area contributed by atoms with Crippen LogP contribution in [0.25, 0.3) is 11.0 Å². The maximum absolute atomic E-state index is 12.9. The van der Waals surface area contributed by atoms with E-state index in [9.17, 15) is 24.0 Å². The molecule has 1 atom stereocenters. The quantitative estimate of drug-likeness (QED) is 0.0806. The van der Waals surface area contributed by atoms with E-state index in [0.29, 0.717) is 45.8 Å². The van der Waals surface area contributed by atoms with E-state index in [2.05, 4.69) is 54.9 Å². The molecule has 0 saturated heterocycles. The minimum atomic E-state index is -1.40. The number of amides is 3. The van der Waals surface area contributed by atoms with Crippen molar-refractivity contribution in [1.82, 2.24) is 20.2 Å². The molecule has 3 aromatic carbocycles. The van der Waals surface area contributed by atoms with Crippen LogP contribution in [-0.4, -0.2) is 70.6 Å². The normalized spacial score (nSPS) is 11.9. The smallest absolute Gasteiger partial charge is 0.323 e. The van der Waals surface area contributed by atoms with E-state index >= 15 is 0 Å². The summed E-state index contributed by atoms with van der Waals surface area (Å²) in [7, 11) is 0. The molecule has 1 aromatic heterocycles. The zero-order valence-electron chi connectivity index (χ0n) is 25.3. The fraction of sp³-hybridized carbons (Fsp3) is 0.281. The van der Waals surface area contributed by atoms with Gasteiger partial charge in [-0.1, -0.05) is 19.9 Å². The Bertz CT molecular complexity index is 1760. The molecule has 4 rings (SSSR count). The van der Waals surface area contributed by atoms with Crippen LogP contribution in [-0.2, 0) is 9.59 Å². The van der Waals surface area contributed by atoms with E-state index in [1.54, 1.807) is 42.5 Å². The number of carbonyl (C=O) groups is 4. The minimum Gasteiger partial charge on any atom is -0.352 e. The Morgan fingerprint density at radius 3 is 2.24 bits per heavy atom. The molecule has 5 N–H and O–H groups in total. The van der Waals surface area contributed by atoms with Crippen molar-refractivity contribution in [3.05, 3.63) is 88.3 Å². The van der Waals surface area contributed by atoms with E-state index in [0.717, 1.165) is 26.1 Å². The molecule has 0 aliphatic carbocycles. The lowest BCUT2D eigenvalue weighted by Gasteiger charge is -2.17. The van der Waals surface area contributed by atoms with Crippen molar-refractivity contribution in [2.24, 2.45) is 10.2 Å². The summed E-state index contributed by atoms with van der Waals surface area (Å²) in [6.07, 6.45) is 0.844. The molecule has 1 unspecified atom stereocenters. The second-order valence-corrected chi connectivity index (χ2v) is 10.3. The van der Waals surface area contributed by atoms with Crippen LogP contribution in [0.4, 0.5) is 17.1 Å². The first-order chi connectivity index (χ1) is 21.7. The van der Waals surface area contributed by atoms with E-state index in [1.165, 1.54) is 31.2 Å². The Labute approximate surface area is 259 Å². The maximum Gasteiger partial charge on any atom is 0.323 e. The number of rotatable bonds is 14. The summed E-state index contributed by atoms with van der Waals surface area (Å²) in [5.74, 6) is -1.80. The predicted molar refractivity (Wildman–Crippen MR) is 172 cm³/mol. The number of nitrogens with one attached hydrogen (secondary N) is 5. The van der Waals surface area contributed by atoms with Crippen molar-refractivity contribution in [3.8, 4) is 0 Å². The van der Waals surface area contributed by atoms with Gasteiger partial charge in [0.2, 0.25) is 6.04 Å². The van der Waals surface area contributed by atoms with Crippen molar-refractivity contribution in [2.45, 2.75) is 33.2 Å². The van der Waals surface area contributed by atoms with E-state index in [4.69, 9.17) is 0 Å². The number of hydrogen-bond acceptors (Lipinski definition) is 8. The second-order valence-electron chi connectivity index (χ2n) is 10.3. The average Bonchev–Trinajstić information content (AvgIpc) is 3.40. The van der Waals surface area contributed by atoms with Gasteiger partial charge in [-0.3, -0.25) is 19.2 Å². The molecule has 0 fully saturated rings. The number of H-pyrrole nitrogens is 2. The zero-order chi connectivity index (χ0) is 32.3. The molecule has 0 aliphatic heterocycles. The Hall–Kier alpha value is -5.43. The first-order valence-corrected chi connectivity index (χ1v) is 14.6. The third kappa shape index (κ3) is 9.03. The molecule has 45 heavy (non-hydrogen) atoms. The fourth-order valence-corrected chi connectivity index (χ4v) is 4.53. The van der Waals surface area contributed by atoms with E-state index in [-0.39, 0.29) is 11.6 Å². The highest BCUT2D eigenvalue weighted by Crippen LogP contribution is 2.19. The Balaban J connectivity index is 1.32. The van der Waals surface area contributed by atoms with Gasteiger partial charge in [-0.15, -0.1) is 0 Å². The van der Waals surface area contributed by atoms with Gasteiger partial charge in [0.05, 0.1) is 16.7 Å². The van der Waals surface area contributed by atoms with Crippen LogP contribution in [0, 0.1) is 0 Å². The van der Waals surface area contributed by atoms with Crippen LogP contribution in [0.5, 0.6) is 0 Å². The third-order valence-corrected chi connectivity index (χ3v) is 7.05. The summed E-state index contributed by atoms with van der Waals surface area (Å²) < 4.78 is 0. The van der Waals surface area contributed by atoms with Crippen LogP contribution < -0.4 is 21.6 Å². The van der Waals surface area contributed by atoms with Crippen LogP contribution in [0.1, 0.15) is 47.9 Å². The van der Waals surface area contributed by atoms with Crippen molar-refractivity contribution in [2.75, 3.05) is 36.8 Å². The van der Waals surface area contributed by atoms with Gasteiger partial charge in [0.1, 0.15) is 0 Å². The Kier molecular flexibility index (Phi) is 11.1. The number of hydrogen-bond donors (Lipinski definition) is 5. The second kappa shape index (κ2) is 15.3. The lowest BCUT2D eigenvalue weighted by molar-refractivity contribution is -0.126. The minimum absolute atomic E-state index is 0.212. The summed E-state index contributed by atoms with van der Waals surface area (Å²) in [6, 6.07) is 16.2. The van der Waals surface area contributed by atoms with Crippen molar-refractivity contribution < 1.29 is 19.2 Å². The van der Waals surface area contributed by atoms with E-state index < -0.39 is 23.6 Å². The zero-order valence-corrected chi connectivity index (χ0v) is 25.3. The molecule has 0 bridgehead atoms. The first-order valence-electron chi connectivity index (χ1n) is 14.6. The summed E-state index contributed by atoms with van der Waals surface area (Å²) in [4.78, 5) is 69.3. The number of fused-ring (bicyclic) bond motifs is 1. The average molecular weight is 613 g/mol. The molecule has 234 valence electrons. The summed E-state index contributed by atoms with van der Waals surface area (Å²) in [6.45, 7) is 8.85. The maximum atomic E-state index is 12.9. The van der Waals surface area contributed by atoms with Gasteiger partial charge in [-0.05, 0) is 93.6 Å². The highest BCUT2D eigenvalue weighted by atomic mass is 16.2. The number of azo groups is 1. The molecule has 13 nitrogen and oxygen atoms in total. The summed E-state index contributed by atoms with van der Waals surface area (Å²) in [5.41, 5.74) is 2.64. The SMILES string of the molecule is CCN(CC)CCCNC(=O)c1cccc(NC(=O)c2ccc(N=NC(C(C)=O)C(=O)Nc3ccc4[nH]c(=O)[nH]c4c3)cc2)c1. The van der Waals surface area contributed by atoms with Gasteiger partial charge in [0.15, 0.2) is 5.78 Å². The van der Waals surface area contributed by atoms with E-state index in [1.807, 2.05) is 0 Å².